The van der Waals surface area contributed by atoms with Crippen LogP contribution in [0.15, 0.2) is 0 Å². The van der Waals surface area contributed by atoms with Gasteiger partial charge in [0.1, 0.15) is 11.1 Å². The van der Waals surface area contributed by atoms with E-state index in [4.69, 9.17) is 4.74 Å². The van der Waals surface area contributed by atoms with Crippen molar-refractivity contribution in [1.82, 2.24) is 4.90 Å². The Morgan fingerprint density at radius 2 is 2.21 bits per heavy atom. The number of hydrogen-bond acceptors (Lipinski definition) is 6. The quantitative estimate of drug-likeness (QED) is 0.737. The number of piperidine rings is 1. The molecule has 0 bridgehead atoms. The highest BCUT2D eigenvalue weighted by atomic mass is 32.1. The minimum Gasteiger partial charge on any atom is -0.466 e. The Balaban J connectivity index is 1.54. The van der Waals surface area contributed by atoms with E-state index in [9.17, 15) is 14.9 Å². The van der Waals surface area contributed by atoms with E-state index in [1.807, 2.05) is 6.92 Å². The lowest BCUT2D eigenvalue weighted by Crippen LogP contribution is -2.40. The van der Waals surface area contributed by atoms with Crippen molar-refractivity contribution in [2.24, 2.45) is 11.8 Å². The number of carbonyl (C=O) groups excluding carboxylic acids is 2. The van der Waals surface area contributed by atoms with Gasteiger partial charge in [-0.2, -0.15) is 5.26 Å². The zero-order chi connectivity index (χ0) is 20.1. The molecule has 0 saturated carbocycles. The maximum absolute atomic E-state index is 12.5. The second-order valence-corrected chi connectivity index (χ2v) is 8.96. The van der Waals surface area contributed by atoms with E-state index in [2.05, 4.69) is 23.2 Å². The van der Waals surface area contributed by atoms with Crippen molar-refractivity contribution in [1.29, 1.82) is 5.26 Å². The predicted octanol–water partition coefficient (Wildman–Crippen LogP) is 3.35. The third-order valence-corrected chi connectivity index (χ3v) is 6.83. The van der Waals surface area contributed by atoms with Gasteiger partial charge >= 0.3 is 5.97 Å². The number of esters is 1. The summed E-state index contributed by atoms with van der Waals surface area (Å²) in [5.41, 5.74) is 1.79. The summed E-state index contributed by atoms with van der Waals surface area (Å²) in [5, 5.41) is 13.2. The fraction of sp³-hybridized carbons (Fsp3) is 0.667. The molecule has 1 saturated heterocycles. The van der Waals surface area contributed by atoms with Gasteiger partial charge in [-0.3, -0.25) is 9.59 Å². The Morgan fingerprint density at radius 1 is 1.39 bits per heavy atom. The third-order valence-electron chi connectivity index (χ3n) is 5.66. The van der Waals surface area contributed by atoms with Crippen LogP contribution in [0, 0.1) is 23.2 Å². The second-order valence-electron chi connectivity index (χ2n) is 7.86. The summed E-state index contributed by atoms with van der Waals surface area (Å²) in [6.07, 6.45) is 5.18. The van der Waals surface area contributed by atoms with E-state index in [-0.39, 0.29) is 17.8 Å². The molecule has 152 valence electrons. The molecule has 0 unspecified atom stereocenters. The third kappa shape index (κ3) is 4.92. The van der Waals surface area contributed by atoms with Crippen molar-refractivity contribution in [2.45, 2.75) is 52.4 Å². The van der Waals surface area contributed by atoms with Crippen LogP contribution in [0.2, 0.25) is 0 Å². The zero-order valence-corrected chi connectivity index (χ0v) is 17.6. The highest BCUT2D eigenvalue weighted by Gasteiger charge is 2.28. The summed E-state index contributed by atoms with van der Waals surface area (Å²) in [5.74, 6) is 0.343. The first-order chi connectivity index (χ1) is 13.5. The van der Waals surface area contributed by atoms with Gasteiger partial charge in [0.05, 0.1) is 18.1 Å². The number of ether oxygens (including phenoxy) is 1. The molecule has 1 fully saturated rings. The molecule has 6 nitrogen and oxygen atoms in total. The second kappa shape index (κ2) is 9.53. The Bertz CT molecular complexity index is 768. The van der Waals surface area contributed by atoms with E-state index in [0.29, 0.717) is 42.6 Å². The van der Waals surface area contributed by atoms with Crippen molar-refractivity contribution in [3.63, 3.8) is 0 Å². The van der Waals surface area contributed by atoms with Gasteiger partial charge in [-0.25, -0.2) is 0 Å². The van der Waals surface area contributed by atoms with Gasteiger partial charge in [-0.1, -0.05) is 6.92 Å². The van der Waals surface area contributed by atoms with Crippen molar-refractivity contribution in [3.8, 4) is 6.07 Å². The highest BCUT2D eigenvalue weighted by molar-refractivity contribution is 7.16. The number of nitrogens with one attached hydrogen (secondary N) is 1. The number of likely N-dealkylation sites (tertiary alicyclic amines) is 1. The van der Waals surface area contributed by atoms with E-state index in [1.54, 1.807) is 11.3 Å². The van der Waals surface area contributed by atoms with Gasteiger partial charge in [0.2, 0.25) is 5.91 Å². The number of fused-ring (bicyclic) bond motifs is 1. The molecular weight excluding hydrogens is 374 g/mol. The van der Waals surface area contributed by atoms with Crippen molar-refractivity contribution >= 4 is 28.2 Å². The van der Waals surface area contributed by atoms with Crippen LogP contribution in [0.25, 0.3) is 0 Å². The minimum absolute atomic E-state index is 0.0681. The first kappa shape index (κ1) is 20.8. The van der Waals surface area contributed by atoms with Crippen molar-refractivity contribution in [3.05, 3.63) is 16.0 Å². The molecule has 0 radical (unpaired) electrons. The van der Waals surface area contributed by atoms with Crippen molar-refractivity contribution in [2.75, 3.05) is 31.6 Å². The molecule has 1 aliphatic heterocycles. The van der Waals surface area contributed by atoms with E-state index >= 15 is 0 Å². The van der Waals surface area contributed by atoms with E-state index < -0.39 is 0 Å². The lowest BCUT2D eigenvalue weighted by atomic mass is 9.89. The van der Waals surface area contributed by atoms with Crippen LogP contribution >= 0.6 is 11.3 Å². The summed E-state index contributed by atoms with van der Waals surface area (Å²) in [6.45, 7) is 6.63. The molecule has 0 spiro atoms. The predicted molar refractivity (Wildman–Crippen MR) is 109 cm³/mol. The van der Waals surface area contributed by atoms with Crippen LogP contribution in [-0.4, -0.2) is 43.0 Å². The number of nitrogens with zero attached hydrogens (tertiary/aromatic N) is 2. The first-order valence-electron chi connectivity index (χ1n) is 10.2. The maximum Gasteiger partial charge on any atom is 0.310 e. The van der Waals surface area contributed by atoms with E-state index in [0.717, 1.165) is 44.2 Å². The molecule has 2 aliphatic rings. The van der Waals surface area contributed by atoms with Gasteiger partial charge in [-0.05, 0) is 57.1 Å². The lowest BCUT2D eigenvalue weighted by Gasteiger charge is -2.31. The fourth-order valence-corrected chi connectivity index (χ4v) is 5.49. The summed E-state index contributed by atoms with van der Waals surface area (Å²) in [6, 6.07) is 2.29. The monoisotopic (exact) mass is 403 g/mol. The summed E-state index contributed by atoms with van der Waals surface area (Å²) in [7, 11) is 0. The fourth-order valence-electron chi connectivity index (χ4n) is 4.12. The Kier molecular flexibility index (Phi) is 7.08. The van der Waals surface area contributed by atoms with Gasteiger partial charge < -0.3 is 15.0 Å². The van der Waals surface area contributed by atoms with Gasteiger partial charge in [0.25, 0.3) is 0 Å². The number of rotatable bonds is 6. The number of hydrogen-bond donors (Lipinski definition) is 1. The zero-order valence-electron chi connectivity index (χ0n) is 16.8. The normalized spacial score (nSPS) is 22.2. The van der Waals surface area contributed by atoms with Crippen LogP contribution in [0.4, 0.5) is 5.00 Å². The number of amides is 1. The van der Waals surface area contributed by atoms with Crippen molar-refractivity contribution < 1.29 is 14.3 Å². The molecule has 1 aliphatic carbocycles. The Hall–Kier alpha value is -1.91. The molecule has 1 N–H and O–H groups in total. The SMILES string of the molecule is CCOC(=O)[C@@H]1CCCN(CCC(=O)Nc2sc3c(c2C#N)CC[C@@H](C)C3)C1. The van der Waals surface area contributed by atoms with Crippen LogP contribution in [0.3, 0.4) is 0 Å². The summed E-state index contributed by atoms with van der Waals surface area (Å²) >= 11 is 1.56. The largest absolute Gasteiger partial charge is 0.466 e. The van der Waals surface area contributed by atoms with Crippen LogP contribution in [0.5, 0.6) is 0 Å². The standard InChI is InChI=1S/C21H29N3O3S/c1-3-27-21(26)15-5-4-9-24(13-15)10-8-19(25)23-20-17(12-22)16-7-6-14(2)11-18(16)28-20/h14-15H,3-11,13H2,1-2H3,(H,23,25)/t14-,15-/m1/s1. The van der Waals surface area contributed by atoms with Crippen LogP contribution in [0.1, 0.15) is 55.5 Å². The molecule has 1 amide bonds. The highest BCUT2D eigenvalue weighted by Crippen LogP contribution is 2.39. The Morgan fingerprint density at radius 3 is 2.96 bits per heavy atom. The number of nitriles is 1. The first-order valence-corrected chi connectivity index (χ1v) is 11.1. The van der Waals surface area contributed by atoms with Crippen LogP contribution < -0.4 is 5.32 Å². The van der Waals surface area contributed by atoms with Gasteiger partial charge in [0, 0.05) is 24.4 Å². The Labute approximate surface area is 170 Å². The molecule has 0 aromatic carbocycles. The molecule has 7 heteroatoms. The molecule has 1 aromatic heterocycles. The number of carbonyl (C=O) groups is 2. The van der Waals surface area contributed by atoms with Gasteiger partial charge in [-0.15, -0.1) is 11.3 Å². The average molecular weight is 404 g/mol. The molecular formula is C21H29N3O3S. The number of anilines is 1. The van der Waals surface area contributed by atoms with Gasteiger partial charge in [0.15, 0.2) is 0 Å². The molecule has 3 rings (SSSR count). The maximum atomic E-state index is 12.5. The molecule has 2 atom stereocenters. The molecule has 2 heterocycles. The summed E-state index contributed by atoms with van der Waals surface area (Å²) < 4.78 is 5.13. The van der Waals surface area contributed by atoms with Crippen LogP contribution in [-0.2, 0) is 27.2 Å². The average Bonchev–Trinajstić information content (AvgIpc) is 3.02. The summed E-state index contributed by atoms with van der Waals surface area (Å²) in [4.78, 5) is 27.9. The lowest BCUT2D eigenvalue weighted by molar-refractivity contribution is -0.149. The smallest absolute Gasteiger partial charge is 0.310 e. The molecule has 1 aromatic rings. The molecule has 28 heavy (non-hydrogen) atoms. The number of thiophene rings is 1. The minimum atomic E-state index is -0.131. The topological polar surface area (TPSA) is 82.4 Å². The van der Waals surface area contributed by atoms with E-state index in [1.165, 1.54) is 4.88 Å².